The molecule has 1 amide bonds. The van der Waals surface area contributed by atoms with E-state index in [4.69, 9.17) is 0 Å². The Labute approximate surface area is 147 Å². The number of carbonyl (C=O) groups is 1. The quantitative estimate of drug-likeness (QED) is 0.723. The standard InChI is InChI=1S/C17H16FN5OS/c18-13-3-1-12(2-4-13)15-9-23(21-20-15)14-5-7-22(8-6-14)17(24)16-10-25-11-19-16/h1-4,9-11,14H,5-8H2. The summed E-state index contributed by atoms with van der Waals surface area (Å²) in [5.74, 6) is -0.279. The Morgan fingerprint density at radius 3 is 2.64 bits per heavy atom. The number of carbonyl (C=O) groups excluding carboxylic acids is 1. The Morgan fingerprint density at radius 1 is 1.20 bits per heavy atom. The van der Waals surface area contributed by atoms with Crippen molar-refractivity contribution in [1.29, 1.82) is 0 Å². The highest BCUT2D eigenvalue weighted by atomic mass is 32.1. The third kappa shape index (κ3) is 3.30. The van der Waals surface area contributed by atoms with Crippen LogP contribution < -0.4 is 0 Å². The van der Waals surface area contributed by atoms with Crippen molar-refractivity contribution >= 4 is 17.2 Å². The van der Waals surface area contributed by atoms with Gasteiger partial charge in [0.25, 0.3) is 5.91 Å². The van der Waals surface area contributed by atoms with E-state index < -0.39 is 0 Å². The summed E-state index contributed by atoms with van der Waals surface area (Å²) < 4.78 is 14.9. The van der Waals surface area contributed by atoms with Crippen molar-refractivity contribution in [2.75, 3.05) is 13.1 Å². The molecule has 0 saturated carbocycles. The fraction of sp³-hybridized carbons (Fsp3) is 0.294. The summed E-state index contributed by atoms with van der Waals surface area (Å²) in [6, 6.07) is 6.42. The summed E-state index contributed by atoms with van der Waals surface area (Å²) in [6.45, 7) is 1.35. The number of piperidine rings is 1. The number of benzene rings is 1. The van der Waals surface area contributed by atoms with Gasteiger partial charge in [0.2, 0.25) is 0 Å². The molecule has 2 aromatic heterocycles. The van der Waals surface area contributed by atoms with Crippen LogP contribution in [0.2, 0.25) is 0 Å². The second-order valence-electron chi connectivity index (χ2n) is 5.99. The van der Waals surface area contributed by atoms with Crippen molar-refractivity contribution in [1.82, 2.24) is 24.9 Å². The van der Waals surface area contributed by atoms with Gasteiger partial charge in [-0.25, -0.2) is 14.1 Å². The molecule has 0 atom stereocenters. The smallest absolute Gasteiger partial charge is 0.273 e. The van der Waals surface area contributed by atoms with Gasteiger partial charge in [-0.15, -0.1) is 16.4 Å². The van der Waals surface area contributed by atoms with E-state index in [0.717, 1.165) is 24.1 Å². The Balaban J connectivity index is 1.41. The van der Waals surface area contributed by atoms with Crippen molar-refractivity contribution < 1.29 is 9.18 Å². The monoisotopic (exact) mass is 357 g/mol. The topological polar surface area (TPSA) is 63.9 Å². The Morgan fingerprint density at radius 2 is 1.96 bits per heavy atom. The first-order valence-corrected chi connectivity index (χ1v) is 9.00. The number of amides is 1. The van der Waals surface area contributed by atoms with Crippen LogP contribution in [0.25, 0.3) is 11.3 Å². The first-order chi connectivity index (χ1) is 12.2. The zero-order valence-electron chi connectivity index (χ0n) is 13.4. The van der Waals surface area contributed by atoms with E-state index in [0.29, 0.717) is 18.8 Å². The highest BCUT2D eigenvalue weighted by Gasteiger charge is 2.26. The zero-order chi connectivity index (χ0) is 17.2. The molecule has 0 bridgehead atoms. The first kappa shape index (κ1) is 15.9. The predicted octanol–water partition coefficient (Wildman–Crippen LogP) is 3.02. The largest absolute Gasteiger partial charge is 0.337 e. The van der Waals surface area contributed by atoms with Gasteiger partial charge in [0.1, 0.15) is 17.2 Å². The molecule has 25 heavy (non-hydrogen) atoms. The van der Waals surface area contributed by atoms with E-state index in [2.05, 4.69) is 15.3 Å². The molecule has 0 unspecified atom stereocenters. The van der Waals surface area contributed by atoms with Crippen molar-refractivity contribution in [3.63, 3.8) is 0 Å². The molecule has 1 aliphatic rings. The Bertz CT molecular complexity index is 854. The van der Waals surface area contributed by atoms with Crippen LogP contribution in [0.1, 0.15) is 29.4 Å². The van der Waals surface area contributed by atoms with Gasteiger partial charge in [0.15, 0.2) is 0 Å². The van der Waals surface area contributed by atoms with Gasteiger partial charge in [0.05, 0.1) is 17.7 Å². The van der Waals surface area contributed by atoms with Crippen LogP contribution >= 0.6 is 11.3 Å². The van der Waals surface area contributed by atoms with E-state index >= 15 is 0 Å². The number of nitrogens with zero attached hydrogens (tertiary/aromatic N) is 5. The van der Waals surface area contributed by atoms with Gasteiger partial charge in [-0.2, -0.15) is 0 Å². The van der Waals surface area contributed by atoms with Crippen LogP contribution in [0.15, 0.2) is 41.4 Å². The average Bonchev–Trinajstić information content (AvgIpc) is 3.34. The first-order valence-electron chi connectivity index (χ1n) is 8.06. The normalized spacial score (nSPS) is 15.5. The molecule has 4 rings (SSSR count). The lowest BCUT2D eigenvalue weighted by Crippen LogP contribution is -2.39. The SMILES string of the molecule is O=C(c1cscn1)N1CCC(n2cc(-c3ccc(F)cc3)nn2)CC1. The second kappa shape index (κ2) is 6.72. The lowest BCUT2D eigenvalue weighted by atomic mass is 10.0. The predicted molar refractivity (Wildman–Crippen MR) is 91.7 cm³/mol. The maximum Gasteiger partial charge on any atom is 0.273 e. The number of aromatic nitrogens is 4. The summed E-state index contributed by atoms with van der Waals surface area (Å²) in [4.78, 5) is 18.2. The minimum atomic E-state index is -0.270. The summed E-state index contributed by atoms with van der Waals surface area (Å²) in [5.41, 5.74) is 3.75. The molecule has 1 aromatic carbocycles. The summed E-state index contributed by atoms with van der Waals surface area (Å²) in [6.07, 6.45) is 3.53. The molecule has 0 radical (unpaired) electrons. The molecule has 1 fully saturated rings. The molecule has 0 N–H and O–H groups in total. The zero-order valence-corrected chi connectivity index (χ0v) is 14.2. The van der Waals surface area contributed by atoms with E-state index in [1.807, 2.05) is 15.8 Å². The molecule has 1 aliphatic heterocycles. The third-order valence-corrected chi connectivity index (χ3v) is 5.01. The van der Waals surface area contributed by atoms with E-state index in [-0.39, 0.29) is 17.8 Å². The van der Waals surface area contributed by atoms with Gasteiger partial charge in [-0.05, 0) is 37.1 Å². The molecule has 3 heterocycles. The van der Waals surface area contributed by atoms with Crippen LogP contribution in [-0.4, -0.2) is 43.9 Å². The number of likely N-dealkylation sites (tertiary alicyclic amines) is 1. The third-order valence-electron chi connectivity index (χ3n) is 4.43. The number of rotatable bonds is 3. The molecular weight excluding hydrogens is 341 g/mol. The number of halogens is 1. The van der Waals surface area contributed by atoms with Gasteiger partial charge < -0.3 is 4.90 Å². The summed E-state index contributed by atoms with van der Waals surface area (Å²) in [7, 11) is 0. The van der Waals surface area contributed by atoms with Crippen LogP contribution in [0.5, 0.6) is 0 Å². The van der Waals surface area contributed by atoms with Crippen molar-refractivity contribution in [3.8, 4) is 11.3 Å². The highest BCUT2D eigenvalue weighted by molar-refractivity contribution is 7.07. The average molecular weight is 357 g/mol. The summed E-state index contributed by atoms with van der Waals surface area (Å²) >= 11 is 1.43. The lowest BCUT2D eigenvalue weighted by Gasteiger charge is -2.31. The van der Waals surface area contributed by atoms with Gasteiger partial charge in [-0.1, -0.05) is 5.21 Å². The minimum Gasteiger partial charge on any atom is -0.337 e. The summed E-state index contributed by atoms with van der Waals surface area (Å²) in [5, 5.41) is 10.2. The Hall–Kier alpha value is -2.61. The molecule has 3 aromatic rings. The van der Waals surface area contributed by atoms with Crippen LogP contribution in [0.4, 0.5) is 4.39 Å². The Kier molecular flexibility index (Phi) is 4.27. The fourth-order valence-corrected chi connectivity index (χ4v) is 3.55. The van der Waals surface area contributed by atoms with Gasteiger partial charge in [-0.3, -0.25) is 4.79 Å². The molecule has 1 saturated heterocycles. The minimum absolute atomic E-state index is 0.00899. The number of thiazole rings is 1. The van der Waals surface area contributed by atoms with Crippen LogP contribution in [0.3, 0.4) is 0 Å². The van der Waals surface area contributed by atoms with E-state index in [1.165, 1.54) is 23.5 Å². The molecule has 6 nitrogen and oxygen atoms in total. The van der Waals surface area contributed by atoms with E-state index in [9.17, 15) is 9.18 Å². The molecular formula is C17H16FN5OS. The lowest BCUT2D eigenvalue weighted by molar-refractivity contribution is 0.0684. The van der Waals surface area contributed by atoms with Crippen molar-refractivity contribution in [2.45, 2.75) is 18.9 Å². The molecule has 128 valence electrons. The molecule has 8 heteroatoms. The van der Waals surface area contributed by atoms with Crippen LogP contribution in [0, 0.1) is 5.82 Å². The van der Waals surface area contributed by atoms with Gasteiger partial charge >= 0.3 is 0 Å². The molecule has 0 aliphatic carbocycles. The van der Waals surface area contributed by atoms with Crippen molar-refractivity contribution in [2.24, 2.45) is 0 Å². The number of hydrogen-bond acceptors (Lipinski definition) is 5. The number of hydrogen-bond donors (Lipinski definition) is 0. The fourth-order valence-electron chi connectivity index (χ4n) is 3.02. The van der Waals surface area contributed by atoms with E-state index in [1.54, 1.807) is 23.0 Å². The van der Waals surface area contributed by atoms with Crippen LogP contribution in [-0.2, 0) is 0 Å². The van der Waals surface area contributed by atoms with Gasteiger partial charge in [0, 0.05) is 24.0 Å². The molecule has 0 spiro atoms. The maximum absolute atomic E-state index is 13.0. The van der Waals surface area contributed by atoms with Crippen molar-refractivity contribution in [3.05, 3.63) is 52.9 Å². The highest BCUT2D eigenvalue weighted by Crippen LogP contribution is 2.25. The second-order valence-corrected chi connectivity index (χ2v) is 6.71. The maximum atomic E-state index is 13.0.